The highest BCUT2D eigenvalue weighted by Gasteiger charge is 2.30. The van der Waals surface area contributed by atoms with Gasteiger partial charge in [0.25, 0.3) is 0 Å². The lowest BCUT2D eigenvalue weighted by molar-refractivity contribution is 0.471. The van der Waals surface area contributed by atoms with Crippen molar-refractivity contribution in [1.29, 1.82) is 0 Å². The van der Waals surface area contributed by atoms with E-state index in [1.807, 2.05) is 16.4 Å². The minimum atomic E-state index is 0.0995. The van der Waals surface area contributed by atoms with Crippen LogP contribution >= 0.6 is 23.4 Å². The van der Waals surface area contributed by atoms with Crippen LogP contribution < -0.4 is 11.3 Å². The maximum absolute atomic E-state index is 6.19. The summed E-state index contributed by atoms with van der Waals surface area (Å²) < 4.78 is 1.92. The molecule has 0 aliphatic carbocycles. The fourth-order valence-electron chi connectivity index (χ4n) is 2.16. The number of hydrazine groups is 1. The molecule has 1 aliphatic rings. The van der Waals surface area contributed by atoms with E-state index in [1.54, 1.807) is 6.20 Å². The van der Waals surface area contributed by atoms with Gasteiger partial charge in [0, 0.05) is 11.8 Å². The molecule has 4 nitrogen and oxygen atoms in total. The smallest absolute Gasteiger partial charge is 0.0835 e. The van der Waals surface area contributed by atoms with Crippen LogP contribution in [0.4, 0.5) is 0 Å². The molecular formula is C10H17ClN4S. The van der Waals surface area contributed by atoms with Gasteiger partial charge in [0.1, 0.15) is 0 Å². The normalized spacial score (nSPS) is 22.6. The second-order valence-corrected chi connectivity index (χ2v) is 5.64. The molecule has 6 heteroatoms. The Balaban J connectivity index is 2.27. The predicted molar refractivity (Wildman–Crippen MR) is 68.5 cm³/mol. The van der Waals surface area contributed by atoms with Crippen molar-refractivity contribution >= 4 is 23.4 Å². The number of rotatable bonds is 4. The number of aryl methyl sites for hydroxylation is 1. The van der Waals surface area contributed by atoms with E-state index in [0.29, 0.717) is 10.3 Å². The number of aromatic nitrogens is 2. The van der Waals surface area contributed by atoms with Crippen molar-refractivity contribution in [2.75, 3.05) is 5.75 Å². The Kier molecular flexibility index (Phi) is 4.13. The summed E-state index contributed by atoms with van der Waals surface area (Å²) in [4.78, 5) is 0. The number of halogens is 1. The number of thioether (sulfide) groups is 1. The zero-order chi connectivity index (χ0) is 11.5. The highest BCUT2D eigenvalue weighted by atomic mass is 35.5. The Morgan fingerprint density at radius 3 is 3.19 bits per heavy atom. The molecule has 2 rings (SSSR count). The molecule has 2 unspecified atom stereocenters. The van der Waals surface area contributed by atoms with E-state index in [4.69, 9.17) is 17.4 Å². The molecule has 2 atom stereocenters. The molecule has 0 saturated carbocycles. The molecule has 1 saturated heterocycles. The Hall–Kier alpha value is -0.230. The van der Waals surface area contributed by atoms with Gasteiger partial charge < -0.3 is 0 Å². The van der Waals surface area contributed by atoms with Crippen molar-refractivity contribution in [1.82, 2.24) is 15.2 Å². The molecular weight excluding hydrogens is 244 g/mol. The topological polar surface area (TPSA) is 55.9 Å². The molecule has 0 spiro atoms. The van der Waals surface area contributed by atoms with Crippen LogP contribution in [0.25, 0.3) is 0 Å². The number of nitrogens with one attached hydrogen (secondary N) is 1. The standard InChI is InChI=1S/C10H17ClN4S/c1-2-15-10(7(11)6-13-15)9(14-12)8-4-3-5-16-8/h6,8-9,14H,2-5,12H2,1H3. The minimum Gasteiger partial charge on any atom is -0.271 e. The van der Waals surface area contributed by atoms with Crippen LogP contribution in [0.15, 0.2) is 6.20 Å². The third-order valence-electron chi connectivity index (χ3n) is 2.94. The van der Waals surface area contributed by atoms with Crippen molar-refractivity contribution in [3.8, 4) is 0 Å². The SMILES string of the molecule is CCn1ncc(Cl)c1C(NN)C1CCCS1. The van der Waals surface area contributed by atoms with Gasteiger partial charge in [-0.25, -0.2) is 0 Å². The van der Waals surface area contributed by atoms with Gasteiger partial charge in [-0.1, -0.05) is 11.6 Å². The number of nitrogens with two attached hydrogens (primary N) is 1. The molecule has 1 fully saturated rings. The van der Waals surface area contributed by atoms with Gasteiger partial charge in [0.05, 0.1) is 23.0 Å². The summed E-state index contributed by atoms with van der Waals surface area (Å²) in [5.41, 5.74) is 3.92. The summed E-state index contributed by atoms with van der Waals surface area (Å²) in [7, 11) is 0. The van der Waals surface area contributed by atoms with Gasteiger partial charge in [-0.2, -0.15) is 16.9 Å². The molecule has 3 N–H and O–H groups in total. The summed E-state index contributed by atoms with van der Waals surface area (Å²) in [5, 5.41) is 5.46. The zero-order valence-corrected chi connectivity index (χ0v) is 10.9. The molecule has 0 bridgehead atoms. The Bertz CT molecular complexity index is 349. The Morgan fingerprint density at radius 2 is 2.62 bits per heavy atom. The second-order valence-electron chi connectivity index (χ2n) is 3.89. The zero-order valence-electron chi connectivity index (χ0n) is 9.32. The van der Waals surface area contributed by atoms with Crippen LogP contribution in [0.3, 0.4) is 0 Å². The fourth-order valence-corrected chi connectivity index (χ4v) is 3.79. The Morgan fingerprint density at radius 1 is 1.81 bits per heavy atom. The summed E-state index contributed by atoms with van der Waals surface area (Å²) >= 11 is 8.15. The average molecular weight is 261 g/mol. The quantitative estimate of drug-likeness (QED) is 0.642. The molecule has 0 amide bonds. The van der Waals surface area contributed by atoms with Crippen molar-refractivity contribution in [3.63, 3.8) is 0 Å². The first-order valence-corrected chi connectivity index (χ1v) is 6.99. The number of nitrogens with zero attached hydrogens (tertiary/aromatic N) is 2. The van der Waals surface area contributed by atoms with E-state index >= 15 is 0 Å². The molecule has 1 aromatic rings. The minimum absolute atomic E-state index is 0.0995. The van der Waals surface area contributed by atoms with E-state index in [-0.39, 0.29) is 6.04 Å². The first kappa shape index (κ1) is 12.2. The van der Waals surface area contributed by atoms with Crippen LogP contribution in [0.5, 0.6) is 0 Å². The van der Waals surface area contributed by atoms with Crippen LogP contribution in [0.2, 0.25) is 5.02 Å². The number of hydrogen-bond acceptors (Lipinski definition) is 4. The summed E-state index contributed by atoms with van der Waals surface area (Å²) in [5.74, 6) is 6.88. The van der Waals surface area contributed by atoms with Crippen molar-refractivity contribution in [3.05, 3.63) is 16.9 Å². The van der Waals surface area contributed by atoms with E-state index < -0.39 is 0 Å². The lowest BCUT2D eigenvalue weighted by Crippen LogP contribution is -2.36. The molecule has 0 aromatic carbocycles. The molecule has 2 heterocycles. The summed E-state index contributed by atoms with van der Waals surface area (Å²) in [6, 6.07) is 0.0995. The molecule has 1 aliphatic heterocycles. The van der Waals surface area contributed by atoms with Crippen molar-refractivity contribution in [2.45, 2.75) is 37.6 Å². The van der Waals surface area contributed by atoms with E-state index in [9.17, 15) is 0 Å². The summed E-state index contributed by atoms with van der Waals surface area (Å²) in [6.45, 7) is 2.87. The third kappa shape index (κ3) is 2.22. The fraction of sp³-hybridized carbons (Fsp3) is 0.700. The van der Waals surface area contributed by atoms with Gasteiger partial charge in [0.15, 0.2) is 0 Å². The van der Waals surface area contributed by atoms with Crippen molar-refractivity contribution < 1.29 is 0 Å². The first-order chi connectivity index (χ1) is 7.77. The van der Waals surface area contributed by atoms with Gasteiger partial charge in [-0.15, -0.1) is 0 Å². The third-order valence-corrected chi connectivity index (χ3v) is 4.70. The lowest BCUT2D eigenvalue weighted by atomic mass is 10.1. The molecule has 1 aromatic heterocycles. The highest BCUT2D eigenvalue weighted by Crippen LogP contribution is 2.37. The molecule has 0 radical (unpaired) electrons. The van der Waals surface area contributed by atoms with E-state index in [2.05, 4.69) is 17.4 Å². The van der Waals surface area contributed by atoms with Gasteiger partial charge >= 0.3 is 0 Å². The predicted octanol–water partition coefficient (Wildman–Crippen LogP) is 1.96. The maximum Gasteiger partial charge on any atom is 0.0835 e. The largest absolute Gasteiger partial charge is 0.271 e. The van der Waals surface area contributed by atoms with E-state index in [0.717, 1.165) is 12.2 Å². The molecule has 90 valence electrons. The maximum atomic E-state index is 6.19. The highest BCUT2D eigenvalue weighted by molar-refractivity contribution is 8.00. The van der Waals surface area contributed by atoms with Crippen LogP contribution in [0, 0.1) is 0 Å². The molecule has 16 heavy (non-hydrogen) atoms. The Labute approximate surface area is 105 Å². The van der Waals surface area contributed by atoms with Gasteiger partial charge in [0.2, 0.25) is 0 Å². The van der Waals surface area contributed by atoms with Crippen LogP contribution in [0.1, 0.15) is 31.5 Å². The monoisotopic (exact) mass is 260 g/mol. The average Bonchev–Trinajstić information content (AvgIpc) is 2.91. The van der Waals surface area contributed by atoms with Crippen LogP contribution in [-0.4, -0.2) is 20.8 Å². The lowest BCUT2D eigenvalue weighted by Gasteiger charge is -2.23. The van der Waals surface area contributed by atoms with Crippen molar-refractivity contribution in [2.24, 2.45) is 5.84 Å². The van der Waals surface area contributed by atoms with Gasteiger partial charge in [-0.05, 0) is 25.5 Å². The van der Waals surface area contributed by atoms with Gasteiger partial charge in [-0.3, -0.25) is 16.0 Å². The summed E-state index contributed by atoms with van der Waals surface area (Å²) in [6.07, 6.45) is 4.14. The number of hydrogen-bond donors (Lipinski definition) is 2. The first-order valence-electron chi connectivity index (χ1n) is 5.56. The van der Waals surface area contributed by atoms with E-state index in [1.165, 1.54) is 18.6 Å². The van der Waals surface area contributed by atoms with Crippen LogP contribution in [-0.2, 0) is 6.54 Å². The second kappa shape index (κ2) is 5.40.